The van der Waals surface area contributed by atoms with Crippen LogP contribution in [0.2, 0.25) is 0 Å². The first kappa shape index (κ1) is 13.7. The molecule has 1 heterocycles. The fourth-order valence-electron chi connectivity index (χ4n) is 2.12. The van der Waals surface area contributed by atoms with Crippen molar-refractivity contribution in [2.24, 2.45) is 0 Å². The minimum Gasteiger partial charge on any atom is -0.309 e. The van der Waals surface area contributed by atoms with Crippen molar-refractivity contribution in [1.29, 1.82) is 0 Å². The molecule has 102 valence electrons. The van der Waals surface area contributed by atoms with Gasteiger partial charge in [0.25, 0.3) is 0 Å². The Morgan fingerprint density at radius 3 is 2.79 bits per heavy atom. The molecule has 0 radical (unpaired) electrons. The van der Waals surface area contributed by atoms with E-state index in [1.165, 1.54) is 12.1 Å². The second kappa shape index (κ2) is 5.93. The quantitative estimate of drug-likeness (QED) is 0.901. The molecule has 0 saturated carbocycles. The van der Waals surface area contributed by atoms with Crippen LogP contribution >= 0.6 is 0 Å². The molecular formula is C14H17F2N3. The third-order valence-corrected chi connectivity index (χ3v) is 3.00. The molecule has 5 heteroatoms. The van der Waals surface area contributed by atoms with Gasteiger partial charge in [-0.15, -0.1) is 0 Å². The van der Waals surface area contributed by atoms with Crippen LogP contribution in [0, 0.1) is 11.6 Å². The molecule has 0 bridgehead atoms. The standard InChI is InChI=1S/C14H17F2N3/c1-3-6-19-9-10(8-18-19)14(17-2)12-5-4-11(15)7-13(12)16/h4-5,7-9,14,17H,3,6H2,1-2H3. The summed E-state index contributed by atoms with van der Waals surface area (Å²) in [6.07, 6.45) is 4.57. The summed E-state index contributed by atoms with van der Waals surface area (Å²) in [4.78, 5) is 0. The smallest absolute Gasteiger partial charge is 0.131 e. The molecule has 1 aromatic heterocycles. The van der Waals surface area contributed by atoms with Crippen LogP contribution in [0.15, 0.2) is 30.6 Å². The van der Waals surface area contributed by atoms with Crippen LogP contribution in [0.25, 0.3) is 0 Å². The van der Waals surface area contributed by atoms with Crippen LogP contribution < -0.4 is 5.32 Å². The lowest BCUT2D eigenvalue weighted by Crippen LogP contribution is -2.18. The number of nitrogens with zero attached hydrogens (tertiary/aromatic N) is 2. The molecule has 0 amide bonds. The molecule has 2 aromatic rings. The first-order chi connectivity index (χ1) is 9.15. The summed E-state index contributed by atoms with van der Waals surface area (Å²) in [5, 5.41) is 7.26. The predicted molar refractivity (Wildman–Crippen MR) is 69.8 cm³/mol. The van der Waals surface area contributed by atoms with Gasteiger partial charge in [0.15, 0.2) is 0 Å². The van der Waals surface area contributed by atoms with E-state index in [9.17, 15) is 8.78 Å². The SMILES string of the molecule is CCCn1cc(C(NC)c2ccc(F)cc2F)cn1. The van der Waals surface area contributed by atoms with Crippen molar-refractivity contribution in [2.45, 2.75) is 25.9 Å². The zero-order chi connectivity index (χ0) is 13.8. The van der Waals surface area contributed by atoms with E-state index in [-0.39, 0.29) is 6.04 Å². The van der Waals surface area contributed by atoms with E-state index in [1.807, 2.05) is 10.9 Å². The van der Waals surface area contributed by atoms with Crippen LogP contribution in [-0.2, 0) is 6.54 Å². The van der Waals surface area contributed by atoms with Gasteiger partial charge in [0.1, 0.15) is 11.6 Å². The van der Waals surface area contributed by atoms with Crippen LogP contribution in [0.1, 0.15) is 30.5 Å². The van der Waals surface area contributed by atoms with E-state index >= 15 is 0 Å². The van der Waals surface area contributed by atoms with E-state index in [0.29, 0.717) is 5.56 Å². The van der Waals surface area contributed by atoms with Crippen LogP contribution in [0.3, 0.4) is 0 Å². The second-order valence-corrected chi connectivity index (χ2v) is 4.42. The molecule has 3 nitrogen and oxygen atoms in total. The van der Waals surface area contributed by atoms with Crippen LogP contribution in [-0.4, -0.2) is 16.8 Å². The summed E-state index contributed by atoms with van der Waals surface area (Å²) in [5.41, 5.74) is 1.28. The summed E-state index contributed by atoms with van der Waals surface area (Å²) >= 11 is 0. The fraction of sp³-hybridized carbons (Fsp3) is 0.357. The number of halogens is 2. The summed E-state index contributed by atoms with van der Waals surface area (Å²) < 4.78 is 28.6. The molecule has 1 unspecified atom stereocenters. The monoisotopic (exact) mass is 265 g/mol. The number of aryl methyl sites for hydroxylation is 1. The number of rotatable bonds is 5. The topological polar surface area (TPSA) is 29.9 Å². The molecule has 1 atom stereocenters. The number of aromatic nitrogens is 2. The molecule has 1 aromatic carbocycles. The Hall–Kier alpha value is -1.75. The third kappa shape index (κ3) is 2.98. The molecule has 2 rings (SSSR count). The minimum absolute atomic E-state index is 0.328. The highest BCUT2D eigenvalue weighted by Gasteiger charge is 2.18. The zero-order valence-electron chi connectivity index (χ0n) is 11.0. The largest absolute Gasteiger partial charge is 0.309 e. The highest BCUT2D eigenvalue weighted by molar-refractivity contribution is 5.30. The van der Waals surface area contributed by atoms with E-state index < -0.39 is 11.6 Å². The zero-order valence-corrected chi connectivity index (χ0v) is 11.0. The number of hydrogen-bond donors (Lipinski definition) is 1. The van der Waals surface area contributed by atoms with E-state index in [4.69, 9.17) is 0 Å². The second-order valence-electron chi connectivity index (χ2n) is 4.42. The van der Waals surface area contributed by atoms with Gasteiger partial charge in [-0.05, 0) is 19.5 Å². The maximum atomic E-state index is 13.8. The predicted octanol–water partition coefficient (Wildman–Crippen LogP) is 2.88. The highest BCUT2D eigenvalue weighted by atomic mass is 19.1. The van der Waals surface area contributed by atoms with Gasteiger partial charge in [-0.25, -0.2) is 8.78 Å². The van der Waals surface area contributed by atoms with E-state index in [1.54, 1.807) is 13.2 Å². The molecule has 0 fully saturated rings. The summed E-state index contributed by atoms with van der Waals surface area (Å²) in [6.45, 7) is 2.89. The van der Waals surface area contributed by atoms with Crippen molar-refractivity contribution in [3.05, 3.63) is 53.4 Å². The molecule has 0 aliphatic rings. The van der Waals surface area contributed by atoms with Crippen molar-refractivity contribution >= 4 is 0 Å². The highest BCUT2D eigenvalue weighted by Crippen LogP contribution is 2.24. The van der Waals surface area contributed by atoms with E-state index in [0.717, 1.165) is 24.6 Å². The maximum absolute atomic E-state index is 13.8. The fourth-order valence-corrected chi connectivity index (χ4v) is 2.12. The molecular weight excluding hydrogens is 248 g/mol. The Bertz CT molecular complexity index is 551. The van der Waals surface area contributed by atoms with Gasteiger partial charge in [0, 0.05) is 29.9 Å². The maximum Gasteiger partial charge on any atom is 0.131 e. The lowest BCUT2D eigenvalue weighted by Gasteiger charge is -2.15. The lowest BCUT2D eigenvalue weighted by atomic mass is 10.0. The Kier molecular flexibility index (Phi) is 4.27. The average Bonchev–Trinajstić information content (AvgIpc) is 2.82. The minimum atomic E-state index is -0.571. The molecule has 0 spiro atoms. The van der Waals surface area contributed by atoms with Crippen LogP contribution in [0.5, 0.6) is 0 Å². The van der Waals surface area contributed by atoms with Crippen molar-refractivity contribution in [3.63, 3.8) is 0 Å². The van der Waals surface area contributed by atoms with Gasteiger partial charge < -0.3 is 5.32 Å². The Labute approximate surface area is 111 Å². The first-order valence-corrected chi connectivity index (χ1v) is 6.30. The van der Waals surface area contributed by atoms with Gasteiger partial charge in [-0.1, -0.05) is 13.0 Å². The van der Waals surface area contributed by atoms with E-state index in [2.05, 4.69) is 17.3 Å². The van der Waals surface area contributed by atoms with Gasteiger partial charge in [0.05, 0.1) is 12.2 Å². The Morgan fingerprint density at radius 2 is 2.16 bits per heavy atom. The van der Waals surface area contributed by atoms with Crippen molar-refractivity contribution in [1.82, 2.24) is 15.1 Å². The number of nitrogens with one attached hydrogen (secondary N) is 1. The Balaban J connectivity index is 2.32. The van der Waals surface area contributed by atoms with Gasteiger partial charge >= 0.3 is 0 Å². The first-order valence-electron chi connectivity index (χ1n) is 6.30. The van der Waals surface area contributed by atoms with Gasteiger partial charge in [0.2, 0.25) is 0 Å². The van der Waals surface area contributed by atoms with Crippen LogP contribution in [0.4, 0.5) is 8.78 Å². The van der Waals surface area contributed by atoms with Gasteiger partial charge in [-0.2, -0.15) is 5.10 Å². The van der Waals surface area contributed by atoms with Crippen molar-refractivity contribution in [2.75, 3.05) is 7.05 Å². The molecule has 19 heavy (non-hydrogen) atoms. The lowest BCUT2D eigenvalue weighted by molar-refractivity contribution is 0.551. The summed E-state index contributed by atoms with van der Waals surface area (Å²) in [6, 6.07) is 3.30. The molecule has 0 aliphatic heterocycles. The molecule has 1 N–H and O–H groups in total. The van der Waals surface area contributed by atoms with Crippen molar-refractivity contribution in [3.8, 4) is 0 Å². The molecule has 0 saturated heterocycles. The average molecular weight is 265 g/mol. The summed E-state index contributed by atoms with van der Waals surface area (Å²) in [7, 11) is 1.74. The number of benzene rings is 1. The molecule has 0 aliphatic carbocycles. The normalized spacial score (nSPS) is 12.6. The Morgan fingerprint density at radius 1 is 1.37 bits per heavy atom. The van der Waals surface area contributed by atoms with Gasteiger partial charge in [-0.3, -0.25) is 4.68 Å². The summed E-state index contributed by atoms with van der Waals surface area (Å²) in [5.74, 6) is -1.12. The third-order valence-electron chi connectivity index (χ3n) is 3.00. The van der Waals surface area contributed by atoms with Crippen molar-refractivity contribution < 1.29 is 8.78 Å². The number of hydrogen-bond acceptors (Lipinski definition) is 2.